The molecule has 0 aromatic carbocycles. The van der Waals surface area contributed by atoms with Crippen LogP contribution in [-0.4, -0.2) is 4.57 Å². The van der Waals surface area contributed by atoms with Crippen molar-refractivity contribution in [1.29, 1.82) is 0 Å². The van der Waals surface area contributed by atoms with Crippen molar-refractivity contribution in [2.24, 2.45) is 7.05 Å². The molecule has 2 aromatic rings. The van der Waals surface area contributed by atoms with Gasteiger partial charge in [-0.15, -0.1) is 0 Å². The first-order chi connectivity index (χ1) is 7.66. The van der Waals surface area contributed by atoms with Crippen molar-refractivity contribution in [2.75, 3.05) is 0 Å². The van der Waals surface area contributed by atoms with E-state index in [0.717, 1.165) is 23.0 Å². The van der Waals surface area contributed by atoms with E-state index in [0.29, 0.717) is 0 Å². The van der Waals surface area contributed by atoms with E-state index in [-0.39, 0.29) is 6.04 Å². The van der Waals surface area contributed by atoms with E-state index in [1.165, 1.54) is 0 Å². The summed E-state index contributed by atoms with van der Waals surface area (Å²) in [6.45, 7) is 2.84. The predicted molar refractivity (Wildman–Crippen MR) is 64.4 cm³/mol. The fourth-order valence-corrected chi connectivity index (χ4v) is 1.91. The van der Waals surface area contributed by atoms with Crippen LogP contribution in [-0.2, 0) is 13.6 Å². The Morgan fingerprint density at radius 2 is 2.38 bits per heavy atom. The molecule has 1 N–H and O–H groups in total. The normalized spacial score (nSPS) is 12.9. The molecule has 0 saturated carbocycles. The summed E-state index contributed by atoms with van der Waals surface area (Å²) in [5, 5.41) is 4.15. The standard InChI is InChI=1S/C12H15ClN2O/c1-9(12-4-3-5-16-12)14-7-11-6-10(13)8-15(11)2/h3-6,8-9,14H,7H2,1-2H3. The molecule has 0 aliphatic rings. The molecule has 3 nitrogen and oxygen atoms in total. The molecule has 2 rings (SSSR count). The summed E-state index contributed by atoms with van der Waals surface area (Å²) < 4.78 is 7.34. The van der Waals surface area contributed by atoms with Crippen molar-refractivity contribution in [3.63, 3.8) is 0 Å². The van der Waals surface area contributed by atoms with Crippen LogP contribution in [0.25, 0.3) is 0 Å². The molecule has 1 unspecified atom stereocenters. The van der Waals surface area contributed by atoms with Crippen LogP contribution in [0.2, 0.25) is 5.02 Å². The van der Waals surface area contributed by atoms with E-state index >= 15 is 0 Å². The van der Waals surface area contributed by atoms with Crippen molar-refractivity contribution in [2.45, 2.75) is 19.5 Å². The summed E-state index contributed by atoms with van der Waals surface area (Å²) in [6, 6.07) is 6.02. The third kappa shape index (κ3) is 2.49. The number of hydrogen-bond donors (Lipinski definition) is 1. The highest BCUT2D eigenvalue weighted by molar-refractivity contribution is 6.30. The van der Waals surface area contributed by atoms with Crippen LogP contribution in [0.15, 0.2) is 35.1 Å². The fraction of sp³-hybridized carbons (Fsp3) is 0.333. The number of aryl methyl sites for hydroxylation is 1. The maximum absolute atomic E-state index is 5.91. The van der Waals surface area contributed by atoms with Crippen molar-refractivity contribution in [1.82, 2.24) is 9.88 Å². The van der Waals surface area contributed by atoms with E-state index in [2.05, 4.69) is 12.2 Å². The first-order valence-corrected chi connectivity index (χ1v) is 5.62. The minimum atomic E-state index is 0.198. The Labute approximate surface area is 100 Å². The van der Waals surface area contributed by atoms with E-state index in [1.54, 1.807) is 6.26 Å². The molecular formula is C12H15ClN2O. The Morgan fingerprint density at radius 1 is 1.56 bits per heavy atom. The minimum absolute atomic E-state index is 0.198. The topological polar surface area (TPSA) is 30.1 Å². The third-order valence-electron chi connectivity index (χ3n) is 2.63. The lowest BCUT2D eigenvalue weighted by molar-refractivity contribution is 0.427. The zero-order valence-corrected chi connectivity index (χ0v) is 10.2. The molecule has 0 aliphatic carbocycles. The second-order valence-corrected chi connectivity index (χ2v) is 4.32. The molecule has 0 radical (unpaired) electrons. The molecular weight excluding hydrogens is 224 g/mol. The molecule has 2 heterocycles. The maximum atomic E-state index is 5.91. The van der Waals surface area contributed by atoms with Gasteiger partial charge in [0.25, 0.3) is 0 Å². The van der Waals surface area contributed by atoms with Gasteiger partial charge in [0.1, 0.15) is 5.76 Å². The molecule has 0 fully saturated rings. The van der Waals surface area contributed by atoms with Crippen LogP contribution in [0.4, 0.5) is 0 Å². The second kappa shape index (κ2) is 4.76. The summed E-state index contributed by atoms with van der Waals surface area (Å²) in [7, 11) is 1.99. The minimum Gasteiger partial charge on any atom is -0.468 e. The van der Waals surface area contributed by atoms with Crippen molar-refractivity contribution in [3.05, 3.63) is 47.1 Å². The highest BCUT2D eigenvalue weighted by atomic mass is 35.5. The Bertz CT molecular complexity index is 448. The van der Waals surface area contributed by atoms with Crippen LogP contribution in [0.1, 0.15) is 24.4 Å². The summed E-state index contributed by atoms with van der Waals surface area (Å²) in [6.07, 6.45) is 3.59. The Morgan fingerprint density at radius 3 is 2.94 bits per heavy atom. The van der Waals surface area contributed by atoms with E-state index in [1.807, 2.05) is 36.0 Å². The van der Waals surface area contributed by atoms with Crippen LogP contribution < -0.4 is 5.32 Å². The monoisotopic (exact) mass is 238 g/mol. The number of hydrogen-bond acceptors (Lipinski definition) is 2. The third-order valence-corrected chi connectivity index (χ3v) is 2.84. The smallest absolute Gasteiger partial charge is 0.120 e. The van der Waals surface area contributed by atoms with Gasteiger partial charge >= 0.3 is 0 Å². The van der Waals surface area contributed by atoms with E-state index in [4.69, 9.17) is 16.0 Å². The van der Waals surface area contributed by atoms with Gasteiger partial charge in [-0.3, -0.25) is 0 Å². The SMILES string of the molecule is CC(NCc1cc(Cl)cn1C)c1ccco1. The summed E-state index contributed by atoms with van der Waals surface area (Å²) in [5.41, 5.74) is 1.16. The molecule has 4 heteroatoms. The molecule has 0 spiro atoms. The first-order valence-electron chi connectivity index (χ1n) is 5.24. The molecule has 0 amide bonds. The number of halogens is 1. The Kier molecular flexibility index (Phi) is 3.36. The number of nitrogens with one attached hydrogen (secondary N) is 1. The summed E-state index contributed by atoms with van der Waals surface area (Å²) in [5.74, 6) is 0.945. The first kappa shape index (κ1) is 11.3. The van der Waals surface area contributed by atoms with Gasteiger partial charge in [0.05, 0.1) is 17.3 Å². The van der Waals surface area contributed by atoms with Gasteiger partial charge in [-0.2, -0.15) is 0 Å². The molecule has 2 aromatic heterocycles. The average Bonchev–Trinajstić information content (AvgIpc) is 2.84. The van der Waals surface area contributed by atoms with Crippen LogP contribution in [0.3, 0.4) is 0 Å². The molecule has 1 atom stereocenters. The number of rotatable bonds is 4. The lowest BCUT2D eigenvalue weighted by atomic mass is 10.2. The van der Waals surface area contributed by atoms with Gasteiger partial charge in [0, 0.05) is 25.5 Å². The van der Waals surface area contributed by atoms with Gasteiger partial charge in [0.15, 0.2) is 0 Å². The average molecular weight is 239 g/mol. The van der Waals surface area contributed by atoms with Gasteiger partial charge in [0.2, 0.25) is 0 Å². The lowest BCUT2D eigenvalue weighted by Crippen LogP contribution is -2.18. The van der Waals surface area contributed by atoms with E-state index < -0.39 is 0 Å². The highest BCUT2D eigenvalue weighted by Gasteiger charge is 2.08. The predicted octanol–water partition coefficient (Wildman–Crippen LogP) is 3.12. The largest absolute Gasteiger partial charge is 0.468 e. The van der Waals surface area contributed by atoms with Crippen molar-refractivity contribution < 1.29 is 4.42 Å². The zero-order valence-electron chi connectivity index (χ0n) is 9.40. The zero-order chi connectivity index (χ0) is 11.5. The summed E-state index contributed by atoms with van der Waals surface area (Å²) in [4.78, 5) is 0. The Balaban J connectivity index is 1.95. The van der Waals surface area contributed by atoms with Gasteiger partial charge in [-0.1, -0.05) is 11.6 Å². The summed E-state index contributed by atoms with van der Waals surface area (Å²) >= 11 is 5.91. The van der Waals surface area contributed by atoms with Gasteiger partial charge in [-0.25, -0.2) is 0 Å². The number of furan rings is 1. The van der Waals surface area contributed by atoms with Crippen LogP contribution >= 0.6 is 11.6 Å². The van der Waals surface area contributed by atoms with Crippen molar-refractivity contribution >= 4 is 11.6 Å². The second-order valence-electron chi connectivity index (χ2n) is 3.88. The molecule has 86 valence electrons. The fourth-order valence-electron chi connectivity index (χ4n) is 1.64. The molecule has 0 aliphatic heterocycles. The van der Waals surface area contributed by atoms with Crippen LogP contribution in [0, 0.1) is 0 Å². The van der Waals surface area contributed by atoms with E-state index in [9.17, 15) is 0 Å². The molecule has 0 saturated heterocycles. The molecule has 16 heavy (non-hydrogen) atoms. The number of aromatic nitrogens is 1. The van der Waals surface area contributed by atoms with Crippen LogP contribution in [0.5, 0.6) is 0 Å². The van der Waals surface area contributed by atoms with Crippen molar-refractivity contribution in [3.8, 4) is 0 Å². The van der Waals surface area contributed by atoms with Gasteiger partial charge in [-0.05, 0) is 25.1 Å². The molecule has 0 bridgehead atoms. The van der Waals surface area contributed by atoms with Gasteiger partial charge < -0.3 is 14.3 Å². The lowest BCUT2D eigenvalue weighted by Gasteiger charge is -2.11. The highest BCUT2D eigenvalue weighted by Crippen LogP contribution is 2.15. The number of nitrogens with zero attached hydrogens (tertiary/aromatic N) is 1. The Hall–Kier alpha value is -1.19. The quantitative estimate of drug-likeness (QED) is 0.887. The maximum Gasteiger partial charge on any atom is 0.120 e.